The number of carbonyl (C=O) groups excluding carboxylic acids is 1. The lowest BCUT2D eigenvalue weighted by molar-refractivity contribution is -0.121. The molecule has 1 aromatic heterocycles. The van der Waals surface area contributed by atoms with Gasteiger partial charge in [0.2, 0.25) is 5.91 Å². The molecule has 0 aliphatic carbocycles. The van der Waals surface area contributed by atoms with Gasteiger partial charge < -0.3 is 10.4 Å². The van der Waals surface area contributed by atoms with Crippen molar-refractivity contribution in [2.45, 2.75) is 25.8 Å². The molecule has 0 saturated carbocycles. The van der Waals surface area contributed by atoms with Gasteiger partial charge in [0.05, 0.1) is 5.69 Å². The number of aromatic hydroxyl groups is 1. The van der Waals surface area contributed by atoms with Crippen molar-refractivity contribution in [2.24, 2.45) is 7.05 Å². The highest BCUT2D eigenvalue weighted by Crippen LogP contribution is 2.34. The number of benzene rings is 2. The molecule has 0 unspecified atom stereocenters. The molecule has 0 saturated heterocycles. The van der Waals surface area contributed by atoms with Crippen LogP contribution in [0.5, 0.6) is 5.75 Å². The van der Waals surface area contributed by atoms with E-state index in [0.29, 0.717) is 11.6 Å². The first-order valence-corrected chi connectivity index (χ1v) is 9.11. The Balaban J connectivity index is 1.80. The lowest BCUT2D eigenvalue weighted by atomic mass is 9.88. The lowest BCUT2D eigenvalue weighted by Gasteiger charge is -2.19. The molecular weight excluding hydrogens is 362 g/mol. The summed E-state index contributed by atoms with van der Waals surface area (Å²) in [6.45, 7) is 2.34. The Hall–Kier alpha value is -2.79. The number of amides is 1. The third kappa shape index (κ3) is 4.68. The Morgan fingerprint density at radius 3 is 2.70 bits per heavy atom. The van der Waals surface area contributed by atoms with E-state index in [2.05, 4.69) is 10.4 Å². The number of nitrogens with zero attached hydrogens (tertiary/aromatic N) is 2. The second kappa shape index (κ2) is 8.27. The number of phenols is 1. The Kier molecular flexibility index (Phi) is 5.81. The lowest BCUT2D eigenvalue weighted by Crippen LogP contribution is -2.25. The van der Waals surface area contributed by atoms with Crippen LogP contribution in [0, 0.1) is 6.92 Å². The molecule has 0 fully saturated rings. The molecule has 0 aliphatic heterocycles. The predicted molar refractivity (Wildman–Crippen MR) is 106 cm³/mol. The topological polar surface area (TPSA) is 67.2 Å². The van der Waals surface area contributed by atoms with Crippen molar-refractivity contribution in [2.75, 3.05) is 0 Å². The van der Waals surface area contributed by atoms with Crippen LogP contribution in [0.4, 0.5) is 0 Å². The summed E-state index contributed by atoms with van der Waals surface area (Å²) < 4.78 is 1.73. The molecular formula is C21H22ClN3O2. The monoisotopic (exact) mass is 383 g/mol. The number of hydrogen-bond acceptors (Lipinski definition) is 3. The van der Waals surface area contributed by atoms with E-state index in [1.165, 1.54) is 0 Å². The summed E-state index contributed by atoms with van der Waals surface area (Å²) in [6.07, 6.45) is 2.13. The Morgan fingerprint density at radius 2 is 2.04 bits per heavy atom. The van der Waals surface area contributed by atoms with Crippen LogP contribution < -0.4 is 5.32 Å². The van der Waals surface area contributed by atoms with Crippen molar-refractivity contribution < 1.29 is 9.90 Å². The van der Waals surface area contributed by atoms with Gasteiger partial charge in [0.15, 0.2) is 0 Å². The summed E-state index contributed by atoms with van der Waals surface area (Å²) in [4.78, 5) is 12.6. The van der Waals surface area contributed by atoms with Gasteiger partial charge in [-0.15, -0.1) is 0 Å². The number of phenolic OH excluding ortho intramolecular Hbond substituents is 1. The third-order valence-corrected chi connectivity index (χ3v) is 4.88. The number of hydrogen-bond donors (Lipinski definition) is 2. The Morgan fingerprint density at radius 1 is 1.26 bits per heavy atom. The highest BCUT2D eigenvalue weighted by molar-refractivity contribution is 6.31. The molecule has 2 N–H and O–H groups in total. The largest absolute Gasteiger partial charge is 0.508 e. The fourth-order valence-corrected chi connectivity index (χ4v) is 3.45. The van der Waals surface area contributed by atoms with Gasteiger partial charge in [-0.3, -0.25) is 9.48 Å². The van der Waals surface area contributed by atoms with E-state index in [1.807, 2.05) is 50.5 Å². The minimum Gasteiger partial charge on any atom is -0.508 e. The zero-order valence-corrected chi connectivity index (χ0v) is 16.1. The molecule has 3 rings (SSSR count). The van der Waals surface area contributed by atoms with Crippen molar-refractivity contribution in [3.8, 4) is 5.75 Å². The molecule has 6 heteroatoms. The molecule has 0 aliphatic rings. The van der Waals surface area contributed by atoms with Gasteiger partial charge in [0.25, 0.3) is 0 Å². The maximum Gasteiger partial charge on any atom is 0.221 e. The van der Waals surface area contributed by atoms with E-state index < -0.39 is 0 Å². The van der Waals surface area contributed by atoms with Crippen molar-refractivity contribution in [1.82, 2.24) is 15.1 Å². The van der Waals surface area contributed by atoms with Crippen LogP contribution in [0.1, 0.15) is 34.7 Å². The SMILES string of the molecule is Cc1nn(C)cc1CNC(=O)C[C@H](c1cccc(O)c1)c1ccccc1Cl. The molecule has 1 heterocycles. The Labute approximate surface area is 163 Å². The van der Waals surface area contributed by atoms with Crippen LogP contribution in [-0.4, -0.2) is 20.8 Å². The number of nitrogens with one attached hydrogen (secondary N) is 1. The minimum absolute atomic E-state index is 0.0912. The summed E-state index contributed by atoms with van der Waals surface area (Å²) in [6, 6.07) is 14.4. The van der Waals surface area contributed by atoms with Crippen LogP contribution >= 0.6 is 11.6 Å². The second-order valence-electron chi connectivity index (χ2n) is 6.56. The number of carbonyl (C=O) groups is 1. The van der Waals surface area contributed by atoms with Gasteiger partial charge in [-0.05, 0) is 36.2 Å². The quantitative estimate of drug-likeness (QED) is 0.677. The van der Waals surface area contributed by atoms with Gasteiger partial charge in [-0.2, -0.15) is 5.10 Å². The van der Waals surface area contributed by atoms with E-state index in [9.17, 15) is 9.90 Å². The highest BCUT2D eigenvalue weighted by Gasteiger charge is 2.21. The predicted octanol–water partition coefficient (Wildman–Crippen LogP) is 3.93. The third-order valence-electron chi connectivity index (χ3n) is 4.53. The zero-order valence-electron chi connectivity index (χ0n) is 15.3. The number of halogens is 1. The summed E-state index contributed by atoms with van der Waals surface area (Å²) in [5, 5.41) is 17.7. The molecule has 5 nitrogen and oxygen atoms in total. The molecule has 1 atom stereocenters. The van der Waals surface area contributed by atoms with Gasteiger partial charge in [0, 0.05) is 42.7 Å². The molecule has 1 amide bonds. The molecule has 2 aromatic carbocycles. The first-order valence-electron chi connectivity index (χ1n) is 8.73. The maximum atomic E-state index is 12.6. The molecule has 27 heavy (non-hydrogen) atoms. The van der Waals surface area contributed by atoms with E-state index >= 15 is 0 Å². The fraction of sp³-hybridized carbons (Fsp3) is 0.238. The van der Waals surface area contributed by atoms with Gasteiger partial charge in [0.1, 0.15) is 5.75 Å². The van der Waals surface area contributed by atoms with Crippen molar-refractivity contribution >= 4 is 17.5 Å². The van der Waals surface area contributed by atoms with Crippen LogP contribution in [0.3, 0.4) is 0 Å². The standard InChI is InChI=1S/C21H22ClN3O2/c1-14-16(13-25(2)24-14)12-23-21(27)11-19(15-6-5-7-17(26)10-15)18-8-3-4-9-20(18)22/h3-10,13,19,26H,11-12H2,1-2H3,(H,23,27)/t19-/m1/s1. The first kappa shape index (κ1) is 19.0. The van der Waals surface area contributed by atoms with Crippen LogP contribution in [0.15, 0.2) is 54.7 Å². The average molecular weight is 384 g/mol. The number of aryl methyl sites for hydroxylation is 2. The number of rotatable bonds is 6. The summed E-state index contributed by atoms with van der Waals surface area (Å²) in [5.74, 6) is -0.178. The van der Waals surface area contributed by atoms with Crippen molar-refractivity contribution in [1.29, 1.82) is 0 Å². The normalized spacial score (nSPS) is 12.0. The van der Waals surface area contributed by atoms with Gasteiger partial charge in [-0.25, -0.2) is 0 Å². The van der Waals surface area contributed by atoms with Gasteiger partial charge >= 0.3 is 0 Å². The molecule has 0 radical (unpaired) electrons. The molecule has 0 bridgehead atoms. The van der Waals surface area contributed by atoms with E-state index in [1.54, 1.807) is 22.9 Å². The summed E-state index contributed by atoms with van der Waals surface area (Å²) in [5.41, 5.74) is 3.58. The first-order chi connectivity index (χ1) is 12.9. The zero-order chi connectivity index (χ0) is 19.4. The molecule has 3 aromatic rings. The van der Waals surface area contributed by atoms with Crippen molar-refractivity contribution in [3.63, 3.8) is 0 Å². The highest BCUT2D eigenvalue weighted by atomic mass is 35.5. The number of aromatic nitrogens is 2. The summed E-state index contributed by atoms with van der Waals surface area (Å²) in [7, 11) is 1.85. The van der Waals surface area contributed by atoms with E-state index in [-0.39, 0.29) is 24.0 Å². The molecule has 0 spiro atoms. The summed E-state index contributed by atoms with van der Waals surface area (Å²) >= 11 is 6.38. The van der Waals surface area contributed by atoms with E-state index in [0.717, 1.165) is 22.4 Å². The van der Waals surface area contributed by atoms with Crippen LogP contribution in [0.2, 0.25) is 5.02 Å². The van der Waals surface area contributed by atoms with Crippen LogP contribution in [0.25, 0.3) is 0 Å². The van der Waals surface area contributed by atoms with Crippen molar-refractivity contribution in [3.05, 3.63) is 82.1 Å². The fourth-order valence-electron chi connectivity index (χ4n) is 3.18. The van der Waals surface area contributed by atoms with Gasteiger partial charge in [-0.1, -0.05) is 41.9 Å². The maximum absolute atomic E-state index is 12.6. The second-order valence-corrected chi connectivity index (χ2v) is 6.97. The average Bonchev–Trinajstić information content (AvgIpc) is 2.96. The smallest absolute Gasteiger partial charge is 0.221 e. The Bertz CT molecular complexity index is 952. The van der Waals surface area contributed by atoms with Crippen LogP contribution in [-0.2, 0) is 18.4 Å². The minimum atomic E-state index is -0.249. The van der Waals surface area contributed by atoms with E-state index in [4.69, 9.17) is 11.6 Å². The molecule has 140 valence electrons.